The molecule has 25 heavy (non-hydrogen) atoms. The van der Waals surface area contributed by atoms with Crippen molar-refractivity contribution in [3.05, 3.63) is 57.7 Å². The molecule has 0 bridgehead atoms. The predicted octanol–water partition coefficient (Wildman–Crippen LogP) is 4.47. The molecule has 0 aliphatic heterocycles. The molecule has 128 valence electrons. The minimum absolute atomic E-state index is 0.120. The standard InChI is InChI=1S/C19H18ClN3O2/c1-10-5-6-14(13(20)7-10)22-18(24)17-19(25-4)23-16-9-12(3)11(2)8-15(16)21-17/h5-9H,1-4H3,(H,22,24). The predicted molar refractivity (Wildman–Crippen MR) is 99.7 cm³/mol. The highest BCUT2D eigenvalue weighted by Crippen LogP contribution is 2.26. The molecular weight excluding hydrogens is 338 g/mol. The van der Waals surface area contributed by atoms with E-state index in [2.05, 4.69) is 15.3 Å². The summed E-state index contributed by atoms with van der Waals surface area (Å²) in [6, 6.07) is 9.25. The number of aryl methyl sites for hydroxylation is 3. The van der Waals surface area contributed by atoms with Gasteiger partial charge in [-0.3, -0.25) is 4.79 Å². The summed E-state index contributed by atoms with van der Waals surface area (Å²) in [7, 11) is 1.46. The van der Waals surface area contributed by atoms with Crippen LogP contribution in [0.5, 0.6) is 5.88 Å². The quantitative estimate of drug-likeness (QED) is 0.752. The monoisotopic (exact) mass is 355 g/mol. The van der Waals surface area contributed by atoms with Crippen molar-refractivity contribution in [2.75, 3.05) is 12.4 Å². The number of amides is 1. The minimum atomic E-state index is -0.421. The van der Waals surface area contributed by atoms with Crippen molar-refractivity contribution in [3.8, 4) is 5.88 Å². The van der Waals surface area contributed by atoms with E-state index in [1.54, 1.807) is 12.1 Å². The van der Waals surface area contributed by atoms with E-state index in [1.807, 2.05) is 39.0 Å². The van der Waals surface area contributed by atoms with Gasteiger partial charge in [0.1, 0.15) is 0 Å². The largest absolute Gasteiger partial charge is 0.479 e. The molecule has 1 heterocycles. The highest BCUT2D eigenvalue weighted by molar-refractivity contribution is 6.34. The number of methoxy groups -OCH3 is 1. The van der Waals surface area contributed by atoms with Crippen LogP contribution in [-0.4, -0.2) is 23.0 Å². The Morgan fingerprint density at radius 1 is 1.04 bits per heavy atom. The van der Waals surface area contributed by atoms with Crippen LogP contribution in [0.1, 0.15) is 27.2 Å². The van der Waals surface area contributed by atoms with Gasteiger partial charge in [0.15, 0.2) is 5.69 Å². The summed E-state index contributed by atoms with van der Waals surface area (Å²) in [4.78, 5) is 21.5. The Labute approximate surface area is 151 Å². The smallest absolute Gasteiger partial charge is 0.279 e. The Hall–Kier alpha value is -2.66. The zero-order chi connectivity index (χ0) is 18.1. The van der Waals surface area contributed by atoms with Gasteiger partial charge in [-0.25, -0.2) is 9.97 Å². The number of hydrogen-bond acceptors (Lipinski definition) is 4. The summed E-state index contributed by atoms with van der Waals surface area (Å²) < 4.78 is 5.26. The van der Waals surface area contributed by atoms with E-state index in [1.165, 1.54) is 7.11 Å². The molecule has 0 saturated carbocycles. The number of hydrogen-bond donors (Lipinski definition) is 1. The summed E-state index contributed by atoms with van der Waals surface area (Å²) in [5.74, 6) is -0.244. The van der Waals surface area contributed by atoms with Crippen LogP contribution in [0.3, 0.4) is 0 Å². The molecule has 3 aromatic rings. The van der Waals surface area contributed by atoms with Crippen LogP contribution in [-0.2, 0) is 0 Å². The van der Waals surface area contributed by atoms with Gasteiger partial charge < -0.3 is 10.1 Å². The topological polar surface area (TPSA) is 64.1 Å². The number of anilines is 1. The van der Waals surface area contributed by atoms with Crippen molar-refractivity contribution in [2.45, 2.75) is 20.8 Å². The van der Waals surface area contributed by atoms with Crippen LogP contribution in [0.15, 0.2) is 30.3 Å². The Kier molecular flexibility index (Phi) is 4.59. The molecule has 0 aliphatic rings. The molecule has 3 rings (SSSR count). The number of carbonyl (C=O) groups excluding carboxylic acids is 1. The second kappa shape index (κ2) is 6.69. The van der Waals surface area contributed by atoms with Gasteiger partial charge in [-0.05, 0) is 61.7 Å². The van der Waals surface area contributed by atoms with E-state index >= 15 is 0 Å². The maximum absolute atomic E-state index is 12.7. The van der Waals surface area contributed by atoms with Crippen LogP contribution >= 0.6 is 11.6 Å². The highest BCUT2D eigenvalue weighted by Gasteiger charge is 2.19. The van der Waals surface area contributed by atoms with Crippen LogP contribution in [0, 0.1) is 20.8 Å². The Morgan fingerprint density at radius 2 is 1.68 bits per heavy atom. The normalized spacial score (nSPS) is 10.8. The van der Waals surface area contributed by atoms with Crippen molar-refractivity contribution < 1.29 is 9.53 Å². The molecule has 6 heteroatoms. The maximum Gasteiger partial charge on any atom is 0.279 e. The number of nitrogens with zero attached hydrogens (tertiary/aromatic N) is 2. The molecule has 0 unspecified atom stereocenters. The van der Waals surface area contributed by atoms with Crippen LogP contribution in [0.2, 0.25) is 5.02 Å². The first kappa shape index (κ1) is 17.2. The Morgan fingerprint density at radius 3 is 2.28 bits per heavy atom. The summed E-state index contributed by atoms with van der Waals surface area (Å²) in [5, 5.41) is 3.23. The fourth-order valence-corrected chi connectivity index (χ4v) is 2.77. The highest BCUT2D eigenvalue weighted by atomic mass is 35.5. The van der Waals surface area contributed by atoms with Crippen molar-refractivity contribution in [1.29, 1.82) is 0 Å². The second-order valence-electron chi connectivity index (χ2n) is 5.94. The lowest BCUT2D eigenvalue weighted by molar-refractivity contribution is 0.101. The number of aromatic nitrogens is 2. The number of benzene rings is 2. The first-order valence-corrected chi connectivity index (χ1v) is 8.17. The third-order valence-corrected chi connectivity index (χ3v) is 4.34. The Bertz CT molecular complexity index is 986. The van der Waals surface area contributed by atoms with Crippen molar-refractivity contribution in [3.63, 3.8) is 0 Å². The molecule has 1 amide bonds. The van der Waals surface area contributed by atoms with E-state index < -0.39 is 5.91 Å². The molecule has 0 radical (unpaired) electrons. The summed E-state index contributed by atoms with van der Waals surface area (Å²) in [5.41, 5.74) is 5.16. The Balaban J connectivity index is 2.03. The van der Waals surface area contributed by atoms with Gasteiger partial charge in [-0.15, -0.1) is 0 Å². The van der Waals surface area contributed by atoms with Gasteiger partial charge in [-0.2, -0.15) is 0 Å². The van der Waals surface area contributed by atoms with Crippen LogP contribution in [0.25, 0.3) is 11.0 Å². The van der Waals surface area contributed by atoms with Gasteiger partial charge in [0, 0.05) is 0 Å². The number of rotatable bonds is 3. The fraction of sp³-hybridized carbons (Fsp3) is 0.211. The number of halogens is 1. The zero-order valence-electron chi connectivity index (χ0n) is 14.5. The third-order valence-electron chi connectivity index (χ3n) is 4.03. The molecule has 5 nitrogen and oxygen atoms in total. The van der Waals surface area contributed by atoms with Crippen LogP contribution in [0.4, 0.5) is 5.69 Å². The minimum Gasteiger partial charge on any atom is -0.479 e. The van der Waals surface area contributed by atoms with E-state index in [0.29, 0.717) is 21.7 Å². The van der Waals surface area contributed by atoms with Gasteiger partial charge in [0.25, 0.3) is 5.91 Å². The van der Waals surface area contributed by atoms with E-state index in [0.717, 1.165) is 16.7 Å². The van der Waals surface area contributed by atoms with E-state index in [9.17, 15) is 4.79 Å². The fourth-order valence-electron chi connectivity index (χ4n) is 2.49. The van der Waals surface area contributed by atoms with Crippen molar-refractivity contribution in [2.24, 2.45) is 0 Å². The SMILES string of the molecule is COc1nc2cc(C)c(C)cc2nc1C(=O)Nc1ccc(C)cc1Cl. The zero-order valence-corrected chi connectivity index (χ0v) is 15.2. The molecule has 1 aromatic heterocycles. The van der Waals surface area contributed by atoms with Crippen molar-refractivity contribution in [1.82, 2.24) is 9.97 Å². The van der Waals surface area contributed by atoms with Gasteiger partial charge in [0.05, 0.1) is 28.9 Å². The molecule has 2 aromatic carbocycles. The molecule has 0 atom stereocenters. The van der Waals surface area contributed by atoms with Gasteiger partial charge >= 0.3 is 0 Å². The molecular formula is C19H18ClN3O2. The van der Waals surface area contributed by atoms with E-state index in [-0.39, 0.29) is 11.6 Å². The molecule has 0 fully saturated rings. The second-order valence-corrected chi connectivity index (χ2v) is 6.35. The molecule has 0 spiro atoms. The molecule has 0 saturated heterocycles. The first-order valence-electron chi connectivity index (χ1n) is 7.79. The third kappa shape index (κ3) is 3.42. The molecule has 0 aliphatic carbocycles. The van der Waals surface area contributed by atoms with Gasteiger partial charge in [-0.1, -0.05) is 17.7 Å². The maximum atomic E-state index is 12.7. The number of nitrogens with one attached hydrogen (secondary N) is 1. The van der Waals surface area contributed by atoms with Gasteiger partial charge in [0.2, 0.25) is 5.88 Å². The number of carbonyl (C=O) groups is 1. The molecule has 1 N–H and O–H groups in total. The average Bonchev–Trinajstić information content (AvgIpc) is 2.57. The lowest BCUT2D eigenvalue weighted by atomic mass is 10.1. The van der Waals surface area contributed by atoms with E-state index in [4.69, 9.17) is 16.3 Å². The lowest BCUT2D eigenvalue weighted by Crippen LogP contribution is -2.16. The first-order chi connectivity index (χ1) is 11.9. The van der Waals surface area contributed by atoms with Crippen molar-refractivity contribution >= 4 is 34.2 Å². The summed E-state index contributed by atoms with van der Waals surface area (Å²) in [6.07, 6.45) is 0. The number of ether oxygens (including phenoxy) is 1. The summed E-state index contributed by atoms with van der Waals surface area (Å²) >= 11 is 6.19. The summed E-state index contributed by atoms with van der Waals surface area (Å²) in [6.45, 7) is 5.93. The lowest BCUT2D eigenvalue weighted by Gasteiger charge is -2.11. The average molecular weight is 356 g/mol. The van der Waals surface area contributed by atoms with Crippen LogP contribution < -0.4 is 10.1 Å². The number of fused-ring (bicyclic) bond motifs is 1.